The second kappa shape index (κ2) is 5.08. The maximum absolute atomic E-state index is 12.4. The second-order valence-electron chi connectivity index (χ2n) is 4.45. The molecule has 0 unspecified atom stereocenters. The third-order valence-electron chi connectivity index (χ3n) is 2.95. The van der Waals surface area contributed by atoms with Crippen LogP contribution >= 0.6 is 0 Å². The molecule has 2 aromatic rings. The Morgan fingerprint density at radius 3 is 2.67 bits per heavy atom. The van der Waals surface area contributed by atoms with Gasteiger partial charge in [-0.2, -0.15) is 0 Å². The first-order valence-corrected chi connectivity index (χ1v) is 6.12. The largest absolute Gasteiger partial charge is 0.356 e. The molecule has 3 heteroatoms. The third-order valence-corrected chi connectivity index (χ3v) is 2.95. The van der Waals surface area contributed by atoms with Crippen LogP contribution in [0.2, 0.25) is 0 Å². The molecule has 0 saturated heterocycles. The number of carbonyl (C=O) groups is 1. The number of hydrogen-bond acceptors (Lipinski definition) is 1. The molecule has 0 fully saturated rings. The van der Waals surface area contributed by atoms with Crippen molar-refractivity contribution in [3.05, 3.63) is 53.9 Å². The Balaban J connectivity index is 2.31. The molecule has 0 atom stereocenters. The summed E-state index contributed by atoms with van der Waals surface area (Å²) in [5.41, 5.74) is 2.83. The minimum atomic E-state index is 0.0451. The highest BCUT2D eigenvalue weighted by molar-refractivity contribution is 6.06. The average Bonchev–Trinajstić information content (AvgIpc) is 2.77. The fourth-order valence-electron chi connectivity index (χ4n) is 2.02. The summed E-state index contributed by atoms with van der Waals surface area (Å²) in [6, 6.07) is 9.86. The average molecular weight is 242 g/mol. The van der Waals surface area contributed by atoms with Gasteiger partial charge in [-0.1, -0.05) is 12.1 Å². The summed E-state index contributed by atoms with van der Waals surface area (Å²) < 4.78 is 1.89. The number of hydrogen-bond donors (Lipinski definition) is 0. The van der Waals surface area contributed by atoms with Gasteiger partial charge in [-0.15, -0.1) is 0 Å². The molecule has 1 aromatic carbocycles. The highest BCUT2D eigenvalue weighted by atomic mass is 16.2. The lowest BCUT2D eigenvalue weighted by atomic mass is 10.2. The van der Waals surface area contributed by atoms with Gasteiger partial charge in [0.05, 0.1) is 5.56 Å². The molecule has 1 amide bonds. The van der Waals surface area contributed by atoms with Crippen LogP contribution < -0.4 is 4.90 Å². The van der Waals surface area contributed by atoms with E-state index in [2.05, 4.69) is 0 Å². The second-order valence-corrected chi connectivity index (χ2v) is 4.45. The highest BCUT2D eigenvalue weighted by Gasteiger charge is 2.16. The molecule has 0 radical (unpaired) electrons. The van der Waals surface area contributed by atoms with Gasteiger partial charge in [0.15, 0.2) is 0 Å². The van der Waals surface area contributed by atoms with Gasteiger partial charge in [0.2, 0.25) is 0 Å². The molecule has 0 aliphatic heterocycles. The van der Waals surface area contributed by atoms with Crippen LogP contribution in [-0.2, 0) is 7.05 Å². The van der Waals surface area contributed by atoms with Gasteiger partial charge in [0.1, 0.15) is 0 Å². The molecule has 0 saturated carbocycles. The van der Waals surface area contributed by atoms with E-state index in [1.165, 1.54) is 0 Å². The lowest BCUT2D eigenvalue weighted by Crippen LogP contribution is -2.30. The molecule has 0 aliphatic rings. The molecule has 3 nitrogen and oxygen atoms in total. The van der Waals surface area contributed by atoms with E-state index in [1.54, 1.807) is 4.90 Å². The van der Waals surface area contributed by atoms with Crippen LogP contribution in [0.25, 0.3) is 0 Å². The fourth-order valence-corrected chi connectivity index (χ4v) is 2.02. The summed E-state index contributed by atoms with van der Waals surface area (Å²) in [7, 11) is 1.92. The summed E-state index contributed by atoms with van der Waals surface area (Å²) >= 11 is 0. The molecule has 2 rings (SSSR count). The fraction of sp³-hybridized carbons (Fsp3) is 0.267. The standard InChI is InChI=1S/C15H18N2O/c1-4-17(14-7-5-6-12(2)10-14)15(18)13-8-9-16(3)11-13/h5-11H,4H2,1-3H3. The van der Waals surface area contributed by atoms with Gasteiger partial charge in [-0.3, -0.25) is 4.79 Å². The number of carbonyl (C=O) groups excluding carboxylic acids is 1. The van der Waals surface area contributed by atoms with Gasteiger partial charge < -0.3 is 9.47 Å². The molecular formula is C15H18N2O. The maximum Gasteiger partial charge on any atom is 0.259 e. The van der Waals surface area contributed by atoms with E-state index in [-0.39, 0.29) is 5.91 Å². The van der Waals surface area contributed by atoms with Crippen LogP contribution in [0.4, 0.5) is 5.69 Å². The normalized spacial score (nSPS) is 10.4. The first kappa shape index (κ1) is 12.4. The summed E-state index contributed by atoms with van der Waals surface area (Å²) in [5.74, 6) is 0.0451. The molecule has 0 N–H and O–H groups in total. The van der Waals surface area contributed by atoms with Gasteiger partial charge >= 0.3 is 0 Å². The van der Waals surface area contributed by atoms with Crippen LogP contribution in [0, 0.1) is 6.92 Å². The summed E-state index contributed by atoms with van der Waals surface area (Å²) in [6.07, 6.45) is 3.73. The van der Waals surface area contributed by atoms with Crippen molar-refractivity contribution in [2.24, 2.45) is 7.05 Å². The van der Waals surface area contributed by atoms with Gasteiger partial charge in [0.25, 0.3) is 5.91 Å². The Kier molecular flexibility index (Phi) is 3.51. The van der Waals surface area contributed by atoms with Crippen molar-refractivity contribution in [3.63, 3.8) is 0 Å². The van der Waals surface area contributed by atoms with E-state index in [0.717, 1.165) is 16.8 Å². The summed E-state index contributed by atoms with van der Waals surface area (Å²) in [5, 5.41) is 0. The quantitative estimate of drug-likeness (QED) is 0.812. The molecule has 1 heterocycles. The minimum absolute atomic E-state index is 0.0451. The van der Waals surface area contributed by atoms with Crippen molar-refractivity contribution in [2.75, 3.05) is 11.4 Å². The molecule has 1 aromatic heterocycles. The zero-order valence-electron chi connectivity index (χ0n) is 11.1. The van der Waals surface area contributed by atoms with Gasteiger partial charge in [-0.05, 0) is 37.6 Å². The zero-order valence-corrected chi connectivity index (χ0v) is 11.1. The van der Waals surface area contributed by atoms with Crippen LogP contribution in [0.5, 0.6) is 0 Å². The lowest BCUT2D eigenvalue weighted by molar-refractivity contribution is 0.0988. The Morgan fingerprint density at radius 1 is 1.33 bits per heavy atom. The molecule has 0 aliphatic carbocycles. The van der Waals surface area contributed by atoms with E-state index in [0.29, 0.717) is 6.54 Å². The van der Waals surface area contributed by atoms with E-state index in [4.69, 9.17) is 0 Å². The number of nitrogens with zero attached hydrogens (tertiary/aromatic N) is 2. The number of benzene rings is 1. The van der Waals surface area contributed by atoms with Crippen molar-refractivity contribution in [1.29, 1.82) is 0 Å². The predicted molar refractivity (Wildman–Crippen MR) is 73.9 cm³/mol. The number of anilines is 1. The highest BCUT2D eigenvalue weighted by Crippen LogP contribution is 2.18. The summed E-state index contributed by atoms with van der Waals surface area (Å²) in [4.78, 5) is 14.2. The topological polar surface area (TPSA) is 25.2 Å². The SMILES string of the molecule is CCN(C(=O)c1ccn(C)c1)c1cccc(C)c1. The predicted octanol–water partition coefficient (Wildman–Crippen LogP) is 3.00. The van der Waals surface area contributed by atoms with Crippen LogP contribution in [-0.4, -0.2) is 17.0 Å². The van der Waals surface area contributed by atoms with Crippen LogP contribution in [0.1, 0.15) is 22.8 Å². The minimum Gasteiger partial charge on any atom is -0.356 e. The Labute approximate surface area is 108 Å². The smallest absolute Gasteiger partial charge is 0.259 e. The monoisotopic (exact) mass is 242 g/mol. The third kappa shape index (κ3) is 2.45. The van der Waals surface area contributed by atoms with E-state index in [9.17, 15) is 4.79 Å². The van der Waals surface area contributed by atoms with E-state index < -0.39 is 0 Å². The Hall–Kier alpha value is -2.03. The van der Waals surface area contributed by atoms with Crippen molar-refractivity contribution in [2.45, 2.75) is 13.8 Å². The lowest BCUT2D eigenvalue weighted by Gasteiger charge is -2.20. The van der Waals surface area contributed by atoms with Crippen molar-refractivity contribution in [3.8, 4) is 0 Å². The van der Waals surface area contributed by atoms with Gasteiger partial charge in [0, 0.05) is 31.7 Å². The first-order valence-electron chi connectivity index (χ1n) is 6.12. The van der Waals surface area contributed by atoms with E-state index >= 15 is 0 Å². The number of rotatable bonds is 3. The Morgan fingerprint density at radius 2 is 2.11 bits per heavy atom. The van der Waals surface area contributed by atoms with E-state index in [1.807, 2.05) is 68.2 Å². The summed E-state index contributed by atoms with van der Waals surface area (Å²) in [6.45, 7) is 4.69. The van der Waals surface area contributed by atoms with Crippen molar-refractivity contribution in [1.82, 2.24) is 4.57 Å². The van der Waals surface area contributed by atoms with Crippen molar-refractivity contribution < 1.29 is 4.79 Å². The maximum atomic E-state index is 12.4. The Bertz CT molecular complexity index is 557. The molecule has 18 heavy (non-hydrogen) atoms. The molecule has 0 spiro atoms. The number of amides is 1. The van der Waals surface area contributed by atoms with Gasteiger partial charge in [-0.25, -0.2) is 0 Å². The molecule has 94 valence electrons. The number of aryl methyl sites for hydroxylation is 2. The number of aromatic nitrogens is 1. The van der Waals surface area contributed by atoms with Crippen LogP contribution in [0.15, 0.2) is 42.7 Å². The molecule has 0 bridgehead atoms. The molecular weight excluding hydrogens is 224 g/mol. The zero-order chi connectivity index (χ0) is 13.1. The van der Waals surface area contributed by atoms with Crippen LogP contribution in [0.3, 0.4) is 0 Å². The first-order chi connectivity index (χ1) is 8.61. The van der Waals surface area contributed by atoms with Crippen molar-refractivity contribution >= 4 is 11.6 Å².